The van der Waals surface area contributed by atoms with E-state index in [4.69, 9.17) is 24.2 Å². The first-order chi connectivity index (χ1) is 18.0. The second-order valence-electron chi connectivity index (χ2n) is 11.3. The van der Waals surface area contributed by atoms with Gasteiger partial charge in [0.15, 0.2) is 5.79 Å². The van der Waals surface area contributed by atoms with Crippen molar-refractivity contribution in [2.75, 3.05) is 44.4 Å². The third kappa shape index (κ3) is 3.58. The SMILES string of the molecule is C[C@@H]1[C@H]2CCc3c(nc(-c4ccnc(N5CCOCC5)c4)n3-c3cnn(C)c3)[C@]2(C)CCC12OCCO2. The van der Waals surface area contributed by atoms with Crippen LogP contribution in [0.2, 0.25) is 0 Å². The lowest BCUT2D eigenvalue weighted by Gasteiger charge is -2.53. The molecule has 2 aliphatic carbocycles. The van der Waals surface area contributed by atoms with Crippen LogP contribution in [-0.2, 0) is 33.1 Å². The van der Waals surface area contributed by atoms with Gasteiger partial charge in [0.05, 0.1) is 44.0 Å². The molecule has 1 saturated carbocycles. The molecule has 2 aliphatic heterocycles. The summed E-state index contributed by atoms with van der Waals surface area (Å²) in [6.07, 6.45) is 9.93. The van der Waals surface area contributed by atoms with Crippen molar-refractivity contribution in [2.24, 2.45) is 18.9 Å². The van der Waals surface area contributed by atoms with Crippen molar-refractivity contribution in [3.8, 4) is 17.1 Å². The highest BCUT2D eigenvalue weighted by molar-refractivity contribution is 5.65. The van der Waals surface area contributed by atoms with Crippen LogP contribution in [0.4, 0.5) is 5.82 Å². The predicted molar refractivity (Wildman–Crippen MR) is 139 cm³/mol. The molecule has 0 radical (unpaired) electrons. The Labute approximate surface area is 217 Å². The number of hydrogen-bond acceptors (Lipinski definition) is 7. The Morgan fingerprint density at radius 3 is 2.65 bits per heavy atom. The number of anilines is 1. The zero-order valence-corrected chi connectivity index (χ0v) is 22.0. The molecule has 9 heteroatoms. The van der Waals surface area contributed by atoms with Crippen LogP contribution in [0.15, 0.2) is 30.7 Å². The summed E-state index contributed by atoms with van der Waals surface area (Å²) < 4.78 is 22.3. The standard InChI is InChI=1S/C28H36N6O3/c1-19-22-4-5-23-25(27(22,2)7-8-28(19)36-14-15-37-28)31-26(34(23)21-17-30-32(3)18-21)20-6-9-29-24(16-20)33-10-12-35-13-11-33/h6,9,16-19,22H,4-5,7-8,10-15H2,1-3H3/t19-,22-,27-/m1/s1. The number of ether oxygens (including phenoxy) is 3. The number of fused-ring (bicyclic) bond motifs is 3. The number of hydrogen-bond donors (Lipinski definition) is 0. The van der Waals surface area contributed by atoms with Crippen LogP contribution in [0, 0.1) is 11.8 Å². The Balaban J connectivity index is 1.35. The number of rotatable bonds is 3. The molecule has 3 aromatic rings. The van der Waals surface area contributed by atoms with Gasteiger partial charge in [-0.2, -0.15) is 5.10 Å². The van der Waals surface area contributed by atoms with Crippen molar-refractivity contribution in [3.63, 3.8) is 0 Å². The van der Waals surface area contributed by atoms with E-state index in [0.29, 0.717) is 25.0 Å². The maximum atomic E-state index is 6.24. The van der Waals surface area contributed by atoms with Crippen LogP contribution in [0.25, 0.3) is 17.1 Å². The lowest BCUT2D eigenvalue weighted by molar-refractivity contribution is -0.234. The molecule has 37 heavy (non-hydrogen) atoms. The minimum absolute atomic E-state index is 0.0319. The van der Waals surface area contributed by atoms with Crippen LogP contribution < -0.4 is 4.90 Å². The third-order valence-corrected chi connectivity index (χ3v) is 9.38. The Bertz CT molecular complexity index is 1300. The fraction of sp³-hybridized carbons (Fsp3) is 0.607. The van der Waals surface area contributed by atoms with Gasteiger partial charge in [-0.3, -0.25) is 9.25 Å². The smallest absolute Gasteiger partial charge is 0.171 e. The van der Waals surface area contributed by atoms with Gasteiger partial charge in [0.1, 0.15) is 11.6 Å². The minimum Gasteiger partial charge on any atom is -0.378 e. The monoisotopic (exact) mass is 504 g/mol. The van der Waals surface area contributed by atoms with Crippen molar-refractivity contribution in [1.29, 1.82) is 0 Å². The highest BCUT2D eigenvalue weighted by atomic mass is 16.7. The Kier molecular flexibility index (Phi) is 5.46. The van der Waals surface area contributed by atoms with E-state index in [1.807, 2.05) is 24.1 Å². The van der Waals surface area contributed by atoms with E-state index in [1.54, 1.807) is 0 Å². The second-order valence-corrected chi connectivity index (χ2v) is 11.3. The van der Waals surface area contributed by atoms with Crippen molar-refractivity contribution in [3.05, 3.63) is 42.1 Å². The summed E-state index contributed by atoms with van der Waals surface area (Å²) >= 11 is 0. The zero-order chi connectivity index (χ0) is 25.2. The van der Waals surface area contributed by atoms with Gasteiger partial charge in [-0.1, -0.05) is 13.8 Å². The highest BCUT2D eigenvalue weighted by Gasteiger charge is 2.58. The van der Waals surface area contributed by atoms with E-state index in [-0.39, 0.29) is 5.41 Å². The molecule has 3 fully saturated rings. The summed E-state index contributed by atoms with van der Waals surface area (Å²) in [7, 11) is 1.97. The first kappa shape index (κ1) is 23.4. The van der Waals surface area contributed by atoms with Gasteiger partial charge in [0.2, 0.25) is 0 Å². The van der Waals surface area contributed by atoms with Crippen molar-refractivity contribution in [2.45, 2.75) is 50.7 Å². The van der Waals surface area contributed by atoms with Gasteiger partial charge >= 0.3 is 0 Å². The largest absolute Gasteiger partial charge is 0.378 e. The van der Waals surface area contributed by atoms with Gasteiger partial charge in [-0.25, -0.2) is 9.97 Å². The van der Waals surface area contributed by atoms with Crippen molar-refractivity contribution < 1.29 is 14.2 Å². The van der Waals surface area contributed by atoms with Gasteiger partial charge < -0.3 is 19.1 Å². The predicted octanol–water partition coefficient (Wildman–Crippen LogP) is 3.50. The zero-order valence-electron chi connectivity index (χ0n) is 22.0. The van der Waals surface area contributed by atoms with E-state index in [2.05, 4.69) is 46.7 Å². The molecule has 3 atom stereocenters. The van der Waals surface area contributed by atoms with E-state index < -0.39 is 5.79 Å². The number of pyridine rings is 1. The van der Waals surface area contributed by atoms with Gasteiger partial charge in [0, 0.05) is 61.5 Å². The summed E-state index contributed by atoms with van der Waals surface area (Å²) in [5.41, 5.74) is 4.64. The van der Waals surface area contributed by atoms with E-state index in [1.165, 1.54) is 11.4 Å². The average Bonchev–Trinajstić information content (AvgIpc) is 3.67. The summed E-state index contributed by atoms with van der Waals surface area (Å²) in [5.74, 6) is 2.31. The second kappa shape index (κ2) is 8.64. The molecule has 4 aliphatic rings. The Morgan fingerprint density at radius 1 is 1.08 bits per heavy atom. The molecular formula is C28H36N6O3. The first-order valence-corrected chi connectivity index (χ1v) is 13.7. The average molecular weight is 505 g/mol. The van der Waals surface area contributed by atoms with E-state index >= 15 is 0 Å². The van der Waals surface area contributed by atoms with E-state index in [9.17, 15) is 0 Å². The summed E-state index contributed by atoms with van der Waals surface area (Å²) in [6, 6.07) is 4.27. The van der Waals surface area contributed by atoms with Crippen LogP contribution in [0.1, 0.15) is 44.5 Å². The van der Waals surface area contributed by atoms with Gasteiger partial charge in [-0.05, 0) is 37.3 Å². The number of morpholine rings is 1. The normalized spacial score (nSPS) is 28.9. The quantitative estimate of drug-likeness (QED) is 0.540. The first-order valence-electron chi connectivity index (χ1n) is 13.7. The number of aryl methyl sites for hydroxylation is 1. The van der Waals surface area contributed by atoms with E-state index in [0.717, 1.165) is 74.9 Å². The molecule has 7 rings (SSSR count). The van der Waals surface area contributed by atoms with Gasteiger partial charge in [-0.15, -0.1) is 0 Å². The molecule has 196 valence electrons. The topological polar surface area (TPSA) is 79.5 Å². The molecule has 0 N–H and O–H groups in total. The summed E-state index contributed by atoms with van der Waals surface area (Å²) in [6.45, 7) is 9.33. The molecule has 5 heterocycles. The van der Waals surface area contributed by atoms with Crippen LogP contribution in [0.5, 0.6) is 0 Å². The summed E-state index contributed by atoms with van der Waals surface area (Å²) in [5, 5.41) is 4.51. The minimum atomic E-state index is -0.422. The lowest BCUT2D eigenvalue weighted by Crippen LogP contribution is -2.55. The maximum absolute atomic E-state index is 6.24. The Hall–Kier alpha value is -2.75. The molecule has 3 aromatic heterocycles. The maximum Gasteiger partial charge on any atom is 0.171 e. The summed E-state index contributed by atoms with van der Waals surface area (Å²) in [4.78, 5) is 12.5. The molecule has 0 unspecified atom stereocenters. The third-order valence-electron chi connectivity index (χ3n) is 9.38. The fourth-order valence-electron chi connectivity index (χ4n) is 7.40. The number of imidazole rings is 1. The molecule has 9 nitrogen and oxygen atoms in total. The number of aromatic nitrogens is 5. The fourth-order valence-corrected chi connectivity index (χ4v) is 7.40. The molecule has 1 spiro atoms. The number of nitrogens with zero attached hydrogens (tertiary/aromatic N) is 6. The molecule has 0 bridgehead atoms. The lowest BCUT2D eigenvalue weighted by atomic mass is 9.55. The van der Waals surface area contributed by atoms with Crippen molar-refractivity contribution >= 4 is 5.82 Å². The molecule has 2 saturated heterocycles. The van der Waals surface area contributed by atoms with Crippen LogP contribution >= 0.6 is 0 Å². The van der Waals surface area contributed by atoms with Crippen LogP contribution in [-0.4, -0.2) is 69.6 Å². The molecular weight excluding hydrogens is 468 g/mol. The Morgan fingerprint density at radius 2 is 1.89 bits per heavy atom. The molecule has 0 amide bonds. The van der Waals surface area contributed by atoms with Crippen molar-refractivity contribution in [1.82, 2.24) is 24.3 Å². The molecule has 0 aromatic carbocycles. The highest BCUT2D eigenvalue weighted by Crippen LogP contribution is 2.57. The van der Waals surface area contributed by atoms with Gasteiger partial charge in [0.25, 0.3) is 0 Å². The van der Waals surface area contributed by atoms with Crippen LogP contribution in [0.3, 0.4) is 0 Å².